The topological polar surface area (TPSA) is 46.5 Å². The third-order valence-corrected chi connectivity index (χ3v) is 3.92. The summed E-state index contributed by atoms with van der Waals surface area (Å²) >= 11 is 0. The van der Waals surface area contributed by atoms with Crippen molar-refractivity contribution in [1.82, 2.24) is 0 Å². The molecular weight excluding hydrogens is 259 g/mol. The van der Waals surface area contributed by atoms with Gasteiger partial charge in [-0.3, -0.25) is 4.79 Å². The van der Waals surface area contributed by atoms with Gasteiger partial charge in [-0.2, -0.15) is 0 Å². The van der Waals surface area contributed by atoms with E-state index >= 15 is 0 Å². The molecule has 1 aliphatic carbocycles. The Bertz CT molecular complexity index is 507. The maximum atomic E-state index is 13.8. The highest BCUT2D eigenvalue weighted by atomic mass is 19.1. The summed E-state index contributed by atoms with van der Waals surface area (Å²) in [6, 6.07) is 2.87. The minimum absolute atomic E-state index is 0.0526. The van der Waals surface area contributed by atoms with Crippen molar-refractivity contribution in [2.45, 2.75) is 44.9 Å². The van der Waals surface area contributed by atoms with Gasteiger partial charge in [0, 0.05) is 11.6 Å². The summed E-state index contributed by atoms with van der Waals surface area (Å²) in [6.45, 7) is 4.04. The number of ether oxygens (including phenoxy) is 1. The summed E-state index contributed by atoms with van der Waals surface area (Å²) in [5.74, 6) is -0.275. The Kier molecular flexibility index (Phi) is 4.31. The largest absolute Gasteiger partial charge is 0.496 e. The monoisotopic (exact) mass is 280 g/mol. The highest BCUT2D eigenvalue weighted by Crippen LogP contribution is 2.48. The molecule has 1 atom stereocenters. The third kappa shape index (κ3) is 3.11. The summed E-state index contributed by atoms with van der Waals surface area (Å²) in [5, 5.41) is 9.12. The first-order valence-electron chi connectivity index (χ1n) is 7.03. The maximum Gasteiger partial charge on any atom is 0.303 e. The van der Waals surface area contributed by atoms with Crippen LogP contribution in [-0.4, -0.2) is 18.2 Å². The van der Waals surface area contributed by atoms with Gasteiger partial charge in [0.05, 0.1) is 13.5 Å². The molecule has 1 saturated carbocycles. The van der Waals surface area contributed by atoms with Crippen LogP contribution >= 0.6 is 0 Å². The number of methoxy groups -OCH3 is 1. The predicted molar refractivity (Wildman–Crippen MR) is 74.8 cm³/mol. The third-order valence-electron chi connectivity index (χ3n) is 3.92. The fourth-order valence-corrected chi connectivity index (χ4v) is 2.92. The van der Waals surface area contributed by atoms with Crippen LogP contribution in [0, 0.1) is 11.7 Å². The van der Waals surface area contributed by atoms with Crippen molar-refractivity contribution in [2.75, 3.05) is 7.11 Å². The van der Waals surface area contributed by atoms with Crippen molar-refractivity contribution < 1.29 is 19.0 Å². The lowest BCUT2D eigenvalue weighted by Gasteiger charge is -2.23. The maximum absolute atomic E-state index is 13.8. The van der Waals surface area contributed by atoms with Crippen molar-refractivity contribution in [1.29, 1.82) is 0 Å². The molecule has 4 heteroatoms. The van der Waals surface area contributed by atoms with Gasteiger partial charge in [0.1, 0.15) is 11.6 Å². The zero-order chi connectivity index (χ0) is 14.9. The van der Waals surface area contributed by atoms with Crippen molar-refractivity contribution in [3.8, 4) is 5.75 Å². The standard InChI is InChI=1S/C16H21FO3/c1-9(2)16-13(6-11(17)7-14(16)20-3)12(8-15(18)19)10-4-5-10/h6-7,9-10,12H,4-5,8H2,1-3H3,(H,18,19). The summed E-state index contributed by atoms with van der Waals surface area (Å²) in [7, 11) is 1.52. The summed E-state index contributed by atoms with van der Waals surface area (Å²) in [4.78, 5) is 11.1. The van der Waals surface area contributed by atoms with E-state index in [0.717, 1.165) is 24.0 Å². The number of aliphatic carboxylic acids is 1. The molecule has 1 aromatic rings. The van der Waals surface area contributed by atoms with Crippen LogP contribution in [0.2, 0.25) is 0 Å². The van der Waals surface area contributed by atoms with E-state index in [1.807, 2.05) is 13.8 Å². The molecule has 2 rings (SSSR count). The molecule has 3 nitrogen and oxygen atoms in total. The SMILES string of the molecule is COc1cc(F)cc(C(CC(=O)O)C2CC2)c1C(C)C. The van der Waals surface area contributed by atoms with Crippen LogP contribution in [0.1, 0.15) is 56.1 Å². The van der Waals surface area contributed by atoms with Crippen molar-refractivity contribution in [3.05, 3.63) is 29.1 Å². The molecular formula is C16H21FO3. The van der Waals surface area contributed by atoms with Gasteiger partial charge in [-0.05, 0) is 42.2 Å². The van der Waals surface area contributed by atoms with Crippen LogP contribution < -0.4 is 4.74 Å². The van der Waals surface area contributed by atoms with E-state index in [1.54, 1.807) is 0 Å². The molecule has 0 bridgehead atoms. The lowest BCUT2D eigenvalue weighted by molar-refractivity contribution is -0.137. The first kappa shape index (κ1) is 14.8. The zero-order valence-electron chi connectivity index (χ0n) is 12.1. The molecule has 0 heterocycles. The van der Waals surface area contributed by atoms with Gasteiger partial charge >= 0.3 is 5.97 Å². The molecule has 0 amide bonds. The van der Waals surface area contributed by atoms with Gasteiger partial charge in [-0.25, -0.2) is 4.39 Å². The van der Waals surface area contributed by atoms with Gasteiger partial charge in [0.15, 0.2) is 0 Å². The normalized spacial score (nSPS) is 16.2. The van der Waals surface area contributed by atoms with Crippen LogP contribution in [0.15, 0.2) is 12.1 Å². The molecule has 1 aromatic carbocycles. The quantitative estimate of drug-likeness (QED) is 0.859. The zero-order valence-corrected chi connectivity index (χ0v) is 12.1. The summed E-state index contributed by atoms with van der Waals surface area (Å²) in [5.41, 5.74) is 1.74. The van der Waals surface area contributed by atoms with E-state index in [0.29, 0.717) is 11.7 Å². The Morgan fingerprint density at radius 3 is 2.55 bits per heavy atom. The minimum Gasteiger partial charge on any atom is -0.496 e. The number of benzene rings is 1. The number of hydrogen-bond acceptors (Lipinski definition) is 2. The highest BCUT2D eigenvalue weighted by molar-refractivity contribution is 5.68. The van der Waals surface area contributed by atoms with Crippen LogP contribution in [0.4, 0.5) is 4.39 Å². The first-order chi connectivity index (χ1) is 9.43. The molecule has 1 fully saturated rings. The lowest BCUT2D eigenvalue weighted by atomic mass is 9.83. The average Bonchev–Trinajstić information content (AvgIpc) is 3.18. The van der Waals surface area contributed by atoms with E-state index in [-0.39, 0.29) is 24.1 Å². The second-order valence-electron chi connectivity index (χ2n) is 5.81. The van der Waals surface area contributed by atoms with Gasteiger partial charge < -0.3 is 9.84 Å². The molecule has 20 heavy (non-hydrogen) atoms. The Hall–Kier alpha value is -1.58. The lowest BCUT2D eigenvalue weighted by Crippen LogP contribution is -2.13. The Labute approximate surface area is 118 Å². The van der Waals surface area contributed by atoms with Gasteiger partial charge in [0.2, 0.25) is 0 Å². The molecule has 1 unspecified atom stereocenters. The van der Waals surface area contributed by atoms with Gasteiger partial charge in [0.25, 0.3) is 0 Å². The fourth-order valence-electron chi connectivity index (χ4n) is 2.92. The Morgan fingerprint density at radius 1 is 1.45 bits per heavy atom. The molecule has 0 aliphatic heterocycles. The van der Waals surface area contributed by atoms with E-state index in [1.165, 1.54) is 19.2 Å². The van der Waals surface area contributed by atoms with Crippen molar-refractivity contribution in [2.24, 2.45) is 5.92 Å². The number of rotatable bonds is 6. The minimum atomic E-state index is -0.833. The second kappa shape index (κ2) is 5.81. The summed E-state index contributed by atoms with van der Waals surface area (Å²) < 4.78 is 19.1. The van der Waals surface area contributed by atoms with Gasteiger partial charge in [-0.15, -0.1) is 0 Å². The fraction of sp³-hybridized carbons (Fsp3) is 0.562. The number of carbonyl (C=O) groups is 1. The van der Waals surface area contributed by atoms with E-state index in [4.69, 9.17) is 9.84 Å². The Balaban J connectivity index is 2.51. The van der Waals surface area contributed by atoms with E-state index in [2.05, 4.69) is 0 Å². The molecule has 110 valence electrons. The average molecular weight is 280 g/mol. The molecule has 0 radical (unpaired) electrons. The molecule has 0 aromatic heterocycles. The summed E-state index contributed by atoms with van der Waals surface area (Å²) in [6.07, 6.45) is 2.10. The van der Waals surface area contributed by atoms with E-state index in [9.17, 15) is 9.18 Å². The van der Waals surface area contributed by atoms with Crippen LogP contribution in [0.25, 0.3) is 0 Å². The predicted octanol–water partition coefficient (Wildman–Crippen LogP) is 3.93. The molecule has 0 saturated heterocycles. The van der Waals surface area contributed by atoms with Crippen molar-refractivity contribution in [3.63, 3.8) is 0 Å². The first-order valence-corrected chi connectivity index (χ1v) is 7.03. The van der Waals surface area contributed by atoms with Crippen LogP contribution in [0.3, 0.4) is 0 Å². The molecule has 1 N–H and O–H groups in total. The number of carboxylic acids is 1. The van der Waals surface area contributed by atoms with Crippen LogP contribution in [0.5, 0.6) is 5.75 Å². The Morgan fingerprint density at radius 2 is 2.10 bits per heavy atom. The van der Waals surface area contributed by atoms with Crippen molar-refractivity contribution >= 4 is 5.97 Å². The number of hydrogen-bond donors (Lipinski definition) is 1. The number of carboxylic acid groups (broad SMARTS) is 1. The van der Waals surface area contributed by atoms with Gasteiger partial charge in [-0.1, -0.05) is 13.8 Å². The highest BCUT2D eigenvalue weighted by Gasteiger charge is 2.36. The van der Waals surface area contributed by atoms with E-state index < -0.39 is 5.97 Å². The second-order valence-corrected chi connectivity index (χ2v) is 5.81. The smallest absolute Gasteiger partial charge is 0.303 e. The van der Waals surface area contributed by atoms with Crippen LogP contribution in [-0.2, 0) is 4.79 Å². The molecule has 1 aliphatic rings. The number of halogens is 1. The molecule has 0 spiro atoms.